The van der Waals surface area contributed by atoms with E-state index in [0.717, 1.165) is 23.0 Å². The lowest BCUT2D eigenvalue weighted by Gasteiger charge is -2.20. The summed E-state index contributed by atoms with van der Waals surface area (Å²) in [5, 5.41) is 13.1. The van der Waals surface area contributed by atoms with Gasteiger partial charge in [0.2, 0.25) is 5.95 Å². The van der Waals surface area contributed by atoms with Crippen LogP contribution in [-0.4, -0.2) is 50.3 Å². The Labute approximate surface area is 214 Å². The normalized spacial score (nSPS) is 13.4. The number of nitriles is 1. The monoisotopic (exact) mass is 502 g/mol. The van der Waals surface area contributed by atoms with Crippen molar-refractivity contribution in [1.82, 2.24) is 9.97 Å². The quantitative estimate of drug-likeness (QED) is 0.289. The molecule has 4 rings (SSSR count). The largest absolute Gasteiger partial charge is 0.495 e. The number of nitrogens with zero attached hydrogens (tertiary/aromatic N) is 4. The van der Waals surface area contributed by atoms with Crippen LogP contribution < -0.4 is 14.9 Å². The molecule has 0 unspecified atom stereocenters. The van der Waals surface area contributed by atoms with Gasteiger partial charge in [-0.1, -0.05) is 25.4 Å². The third-order valence-corrected chi connectivity index (χ3v) is 6.26. The highest BCUT2D eigenvalue weighted by atomic mass is 35.5. The fourth-order valence-corrected chi connectivity index (χ4v) is 4.51. The van der Waals surface area contributed by atoms with Gasteiger partial charge >= 0.3 is 13.4 Å². The van der Waals surface area contributed by atoms with Crippen LogP contribution in [0.5, 0.6) is 5.75 Å². The lowest BCUT2D eigenvalue weighted by atomic mass is 9.84. The van der Waals surface area contributed by atoms with E-state index in [4.69, 9.17) is 21.1 Å². The number of hydrogen-bond acceptors (Lipinski definition) is 9. The number of carbonyl (C=O) groups excluding carboxylic acids is 2. The zero-order valence-electron chi connectivity index (χ0n) is 20.1. The second-order valence-electron chi connectivity index (χ2n) is 8.74. The van der Waals surface area contributed by atoms with E-state index in [1.54, 1.807) is 18.3 Å². The van der Waals surface area contributed by atoms with Gasteiger partial charge in [-0.2, -0.15) is 5.26 Å². The minimum absolute atomic E-state index is 0.168. The maximum Gasteiger partial charge on any atom is 0.339 e. The second-order valence-corrected chi connectivity index (χ2v) is 9.15. The molecule has 9 nitrogen and oxygen atoms in total. The number of methoxy groups -OCH3 is 2. The van der Waals surface area contributed by atoms with Crippen LogP contribution in [0.2, 0.25) is 5.02 Å². The molecular formula is C25H22BClN5O4. The number of hydrogen-bond donors (Lipinski definition) is 1. The molecule has 0 saturated heterocycles. The molecule has 1 radical (unpaired) electrons. The Balaban J connectivity index is 1.73. The van der Waals surface area contributed by atoms with Crippen molar-refractivity contribution >= 4 is 48.5 Å². The molecule has 1 aromatic heterocycles. The minimum atomic E-state index is -0.583. The van der Waals surface area contributed by atoms with E-state index >= 15 is 0 Å². The lowest BCUT2D eigenvalue weighted by molar-refractivity contribution is 0.0600. The van der Waals surface area contributed by atoms with Gasteiger partial charge in [0.15, 0.2) is 0 Å². The third-order valence-electron chi connectivity index (χ3n) is 5.95. The maximum absolute atomic E-state index is 12.0. The Bertz CT molecular complexity index is 1410. The summed E-state index contributed by atoms with van der Waals surface area (Å²) in [6.07, 6.45) is 2.32. The number of halogens is 1. The molecular weight excluding hydrogens is 481 g/mol. The number of anilines is 3. The van der Waals surface area contributed by atoms with Gasteiger partial charge in [-0.05, 0) is 35.9 Å². The molecule has 0 spiro atoms. The van der Waals surface area contributed by atoms with Crippen LogP contribution in [0.25, 0.3) is 11.3 Å². The van der Waals surface area contributed by atoms with E-state index in [1.807, 2.05) is 10.9 Å². The van der Waals surface area contributed by atoms with Crippen molar-refractivity contribution in [1.29, 1.82) is 5.26 Å². The molecule has 0 aliphatic carbocycles. The fourth-order valence-electron chi connectivity index (χ4n) is 4.27. The van der Waals surface area contributed by atoms with Crippen LogP contribution in [0, 0.1) is 11.3 Å². The number of nitrogens with one attached hydrogen (secondary N) is 1. The molecule has 3 aromatic rings. The van der Waals surface area contributed by atoms with Crippen molar-refractivity contribution in [2.75, 3.05) is 30.9 Å². The summed E-state index contributed by atoms with van der Waals surface area (Å²) in [6.45, 7) is 4.71. The fraction of sp³-hybridized carbons (Fsp3) is 0.240. The zero-order chi connectivity index (χ0) is 26.0. The van der Waals surface area contributed by atoms with Gasteiger partial charge in [0.25, 0.3) is 0 Å². The molecule has 2 heterocycles. The number of rotatable bonds is 7. The average Bonchev–Trinajstić information content (AvgIpc) is 3.13. The van der Waals surface area contributed by atoms with Crippen LogP contribution >= 0.6 is 11.6 Å². The summed E-state index contributed by atoms with van der Waals surface area (Å²) in [5.74, 6) is 0.0356. The molecule has 36 heavy (non-hydrogen) atoms. The predicted molar refractivity (Wildman–Crippen MR) is 138 cm³/mol. The molecule has 1 N–H and O–H groups in total. The second kappa shape index (κ2) is 9.87. The molecule has 0 atom stereocenters. The first kappa shape index (κ1) is 25.0. The van der Waals surface area contributed by atoms with Crippen LogP contribution in [0.3, 0.4) is 0 Å². The van der Waals surface area contributed by atoms with Crippen LogP contribution in [0.1, 0.15) is 35.3 Å². The highest BCUT2D eigenvalue weighted by Crippen LogP contribution is 2.44. The number of carbonyl (C=O) groups is 2. The van der Waals surface area contributed by atoms with E-state index in [1.165, 1.54) is 33.8 Å². The summed E-state index contributed by atoms with van der Waals surface area (Å²) < 4.78 is 10.2. The number of ether oxygens (including phenoxy) is 2. The van der Waals surface area contributed by atoms with Gasteiger partial charge in [0.05, 0.1) is 41.8 Å². The summed E-state index contributed by atoms with van der Waals surface area (Å²) in [4.78, 5) is 33.8. The van der Waals surface area contributed by atoms with Crippen molar-refractivity contribution in [3.63, 3.8) is 0 Å². The van der Waals surface area contributed by atoms with E-state index in [9.17, 15) is 14.9 Å². The van der Waals surface area contributed by atoms with Crippen molar-refractivity contribution in [2.45, 2.75) is 19.3 Å². The van der Waals surface area contributed by atoms with E-state index < -0.39 is 5.97 Å². The van der Waals surface area contributed by atoms with Gasteiger partial charge in [0.1, 0.15) is 18.0 Å². The predicted octanol–water partition coefficient (Wildman–Crippen LogP) is 4.11. The molecule has 0 saturated carbocycles. The van der Waals surface area contributed by atoms with Crippen molar-refractivity contribution in [2.24, 2.45) is 0 Å². The molecule has 2 aromatic carbocycles. The van der Waals surface area contributed by atoms with Crippen molar-refractivity contribution < 1.29 is 19.1 Å². The highest BCUT2D eigenvalue weighted by molar-refractivity contribution is 6.70. The van der Waals surface area contributed by atoms with Crippen molar-refractivity contribution in [3.05, 3.63) is 58.2 Å². The minimum Gasteiger partial charge on any atom is -0.495 e. The Morgan fingerprint density at radius 2 is 2.08 bits per heavy atom. The number of fused-ring (bicyclic) bond motifs is 1. The molecule has 1 aliphatic rings. The lowest BCUT2D eigenvalue weighted by Crippen LogP contribution is -2.32. The Morgan fingerprint density at radius 1 is 1.31 bits per heavy atom. The van der Waals surface area contributed by atoms with E-state index in [0.29, 0.717) is 29.2 Å². The molecule has 181 valence electrons. The Morgan fingerprint density at radius 3 is 2.75 bits per heavy atom. The Hall–Kier alpha value is -4.10. The highest BCUT2D eigenvalue weighted by Gasteiger charge is 2.37. The molecule has 1 aliphatic heterocycles. The van der Waals surface area contributed by atoms with Crippen LogP contribution in [-0.2, 0) is 14.9 Å². The first-order valence-corrected chi connectivity index (χ1v) is 11.3. The number of aromatic nitrogens is 2. The molecule has 0 fully saturated rings. The topological polar surface area (TPSA) is 117 Å². The van der Waals surface area contributed by atoms with Gasteiger partial charge < -0.3 is 24.4 Å². The molecule has 0 bridgehead atoms. The summed E-state index contributed by atoms with van der Waals surface area (Å²) in [5.41, 5.74) is 3.81. The van der Waals surface area contributed by atoms with Gasteiger partial charge in [-0.15, -0.1) is 0 Å². The SMILES string of the molecule is COC(=O)c1cc(OC)c(Nc2nccc(-c3cc(C#N)c4c(c3)C(C)(C)CN4[B]C=O)n2)cc1Cl. The summed E-state index contributed by atoms with van der Waals surface area (Å²) in [6, 6.07) is 10.7. The molecule has 11 heteroatoms. The first-order valence-electron chi connectivity index (χ1n) is 10.9. The Kier molecular flexibility index (Phi) is 6.86. The summed E-state index contributed by atoms with van der Waals surface area (Å²) in [7, 11) is 4.19. The van der Waals surface area contributed by atoms with E-state index in [2.05, 4.69) is 35.2 Å². The zero-order valence-corrected chi connectivity index (χ0v) is 20.9. The van der Waals surface area contributed by atoms with Crippen molar-refractivity contribution in [3.8, 4) is 23.1 Å². The molecule has 0 amide bonds. The standard InChI is InChI=1S/C25H22BClN5O4/c1-25(2)12-32(26-13-33)22-15(11-28)7-14(8-17(22)25)19-5-6-29-24(30-19)31-20-10-18(27)16(23(34)36-4)9-21(20)35-3/h5-10,13H,12H2,1-4H3,(H,29,30,31). The maximum atomic E-state index is 12.0. The van der Waals surface area contributed by atoms with E-state index in [-0.39, 0.29) is 21.9 Å². The van der Waals surface area contributed by atoms with Crippen LogP contribution in [0.15, 0.2) is 36.5 Å². The number of esters is 1. The van der Waals surface area contributed by atoms with Gasteiger partial charge in [-0.25, -0.2) is 14.8 Å². The number of benzene rings is 2. The smallest absolute Gasteiger partial charge is 0.339 e. The van der Waals surface area contributed by atoms with Gasteiger partial charge in [0, 0.05) is 29.4 Å². The third kappa shape index (κ3) is 4.57. The van der Waals surface area contributed by atoms with Crippen LogP contribution in [0.4, 0.5) is 17.3 Å². The van der Waals surface area contributed by atoms with Gasteiger partial charge in [-0.3, -0.25) is 0 Å². The average molecular weight is 503 g/mol. The summed E-state index contributed by atoms with van der Waals surface area (Å²) >= 11 is 6.28. The first-order chi connectivity index (χ1) is 17.2.